The van der Waals surface area contributed by atoms with Crippen molar-refractivity contribution in [3.8, 4) is 0 Å². The Kier molecular flexibility index (Phi) is 3.51. The predicted molar refractivity (Wildman–Crippen MR) is 72.4 cm³/mol. The van der Waals surface area contributed by atoms with Crippen LogP contribution in [0.5, 0.6) is 0 Å². The molecule has 3 nitrogen and oxygen atoms in total. The van der Waals surface area contributed by atoms with E-state index in [0.29, 0.717) is 25.1 Å². The van der Waals surface area contributed by atoms with Gasteiger partial charge in [-0.2, -0.15) is 0 Å². The summed E-state index contributed by atoms with van der Waals surface area (Å²) in [6.07, 6.45) is 4.61. The molecule has 3 rings (SSSR count). The van der Waals surface area contributed by atoms with Crippen molar-refractivity contribution < 1.29 is 9.18 Å². The van der Waals surface area contributed by atoms with Crippen LogP contribution < -0.4 is 10.6 Å². The fourth-order valence-electron chi connectivity index (χ4n) is 2.58. The van der Waals surface area contributed by atoms with Crippen molar-refractivity contribution in [3.05, 3.63) is 29.1 Å². The molecule has 0 bridgehead atoms. The van der Waals surface area contributed by atoms with Gasteiger partial charge in [-0.25, -0.2) is 4.39 Å². The van der Waals surface area contributed by atoms with Crippen molar-refractivity contribution in [2.75, 3.05) is 11.9 Å². The Morgan fingerprint density at radius 2 is 2.26 bits per heavy atom. The fourth-order valence-corrected chi connectivity index (χ4v) is 2.58. The standard InChI is InChI=1S/C15H19FN2O/c16-15-12-7-8-17-9-11(12)4-5-13(15)18-14(19)6-3-10-1-2-10/h4-5,10,17H,1-3,6-9H2,(H,18,19). The van der Waals surface area contributed by atoms with Crippen molar-refractivity contribution in [2.24, 2.45) is 5.92 Å². The van der Waals surface area contributed by atoms with Gasteiger partial charge >= 0.3 is 0 Å². The molecule has 0 atom stereocenters. The molecule has 2 aliphatic rings. The van der Waals surface area contributed by atoms with E-state index in [-0.39, 0.29) is 11.7 Å². The smallest absolute Gasteiger partial charge is 0.224 e. The number of fused-ring (bicyclic) bond motifs is 1. The van der Waals surface area contributed by atoms with E-state index in [1.165, 1.54) is 12.8 Å². The highest BCUT2D eigenvalue weighted by Gasteiger charge is 2.22. The van der Waals surface area contributed by atoms with Crippen molar-refractivity contribution in [1.29, 1.82) is 0 Å². The zero-order valence-electron chi connectivity index (χ0n) is 11.0. The Bertz CT molecular complexity index is 497. The van der Waals surface area contributed by atoms with Crippen LogP contribution in [0.2, 0.25) is 0 Å². The van der Waals surface area contributed by atoms with E-state index in [4.69, 9.17) is 0 Å². The molecule has 2 N–H and O–H groups in total. The summed E-state index contributed by atoms with van der Waals surface area (Å²) in [4.78, 5) is 11.8. The zero-order chi connectivity index (χ0) is 13.2. The first kappa shape index (κ1) is 12.6. The Hall–Kier alpha value is -1.42. The Balaban J connectivity index is 1.68. The van der Waals surface area contributed by atoms with Crippen LogP contribution >= 0.6 is 0 Å². The average Bonchev–Trinajstić information content (AvgIpc) is 3.24. The largest absolute Gasteiger partial charge is 0.324 e. The van der Waals surface area contributed by atoms with E-state index in [1.807, 2.05) is 6.07 Å². The molecular formula is C15H19FN2O. The van der Waals surface area contributed by atoms with E-state index >= 15 is 0 Å². The maximum Gasteiger partial charge on any atom is 0.224 e. The molecule has 1 aromatic rings. The van der Waals surface area contributed by atoms with Crippen molar-refractivity contribution in [2.45, 2.75) is 38.6 Å². The second kappa shape index (κ2) is 5.29. The molecule has 1 saturated carbocycles. The summed E-state index contributed by atoms with van der Waals surface area (Å²) in [5, 5.41) is 5.92. The number of hydrogen-bond acceptors (Lipinski definition) is 2. The highest BCUT2D eigenvalue weighted by Crippen LogP contribution is 2.33. The monoisotopic (exact) mass is 262 g/mol. The molecule has 1 aliphatic heterocycles. The number of halogens is 1. The van der Waals surface area contributed by atoms with Gasteiger partial charge in [0.2, 0.25) is 5.91 Å². The van der Waals surface area contributed by atoms with Gasteiger partial charge < -0.3 is 10.6 Å². The molecule has 0 unspecified atom stereocenters. The van der Waals surface area contributed by atoms with Gasteiger partial charge in [-0.1, -0.05) is 18.9 Å². The summed E-state index contributed by atoms with van der Waals surface area (Å²) in [5.41, 5.74) is 2.08. The molecule has 1 fully saturated rings. The summed E-state index contributed by atoms with van der Waals surface area (Å²) in [6, 6.07) is 3.58. The van der Waals surface area contributed by atoms with Crippen LogP contribution in [0.1, 0.15) is 36.8 Å². The first-order chi connectivity index (χ1) is 9.24. The molecule has 1 amide bonds. The molecule has 1 aromatic carbocycles. The molecule has 0 saturated heterocycles. The van der Waals surface area contributed by atoms with E-state index in [9.17, 15) is 9.18 Å². The highest BCUT2D eigenvalue weighted by molar-refractivity contribution is 5.91. The topological polar surface area (TPSA) is 41.1 Å². The molecule has 1 heterocycles. The van der Waals surface area contributed by atoms with Crippen LogP contribution in [0.25, 0.3) is 0 Å². The number of anilines is 1. The van der Waals surface area contributed by atoms with E-state index in [1.54, 1.807) is 6.07 Å². The van der Waals surface area contributed by atoms with Crippen LogP contribution in [-0.4, -0.2) is 12.5 Å². The van der Waals surface area contributed by atoms with Gasteiger partial charge in [0, 0.05) is 13.0 Å². The lowest BCUT2D eigenvalue weighted by atomic mass is 9.99. The van der Waals surface area contributed by atoms with Gasteiger partial charge in [0.15, 0.2) is 0 Å². The van der Waals surface area contributed by atoms with Gasteiger partial charge in [0.1, 0.15) is 5.82 Å². The number of carbonyl (C=O) groups is 1. The van der Waals surface area contributed by atoms with Crippen LogP contribution in [0.4, 0.5) is 10.1 Å². The second-order valence-corrected chi connectivity index (χ2v) is 5.52. The third-order valence-electron chi connectivity index (χ3n) is 3.96. The Morgan fingerprint density at radius 3 is 3.05 bits per heavy atom. The third kappa shape index (κ3) is 2.95. The molecule has 0 radical (unpaired) electrons. The van der Waals surface area contributed by atoms with Crippen LogP contribution in [0.15, 0.2) is 12.1 Å². The average molecular weight is 262 g/mol. The Morgan fingerprint density at radius 1 is 1.42 bits per heavy atom. The van der Waals surface area contributed by atoms with E-state index in [2.05, 4.69) is 10.6 Å². The van der Waals surface area contributed by atoms with Gasteiger partial charge in [-0.15, -0.1) is 0 Å². The van der Waals surface area contributed by atoms with E-state index < -0.39 is 0 Å². The second-order valence-electron chi connectivity index (χ2n) is 5.52. The van der Waals surface area contributed by atoms with Gasteiger partial charge in [0.05, 0.1) is 5.69 Å². The minimum atomic E-state index is -0.251. The normalized spacial score (nSPS) is 17.9. The number of carbonyl (C=O) groups excluding carboxylic acids is 1. The van der Waals surface area contributed by atoms with Gasteiger partial charge in [-0.05, 0) is 42.5 Å². The minimum absolute atomic E-state index is 0.0697. The molecular weight excluding hydrogens is 243 g/mol. The molecule has 102 valence electrons. The summed E-state index contributed by atoms with van der Waals surface area (Å²) < 4.78 is 14.3. The summed E-state index contributed by atoms with van der Waals surface area (Å²) in [6.45, 7) is 1.51. The molecule has 0 aromatic heterocycles. The van der Waals surface area contributed by atoms with Crippen LogP contribution in [0, 0.1) is 11.7 Å². The molecule has 19 heavy (non-hydrogen) atoms. The lowest BCUT2D eigenvalue weighted by Gasteiger charge is -2.19. The van der Waals surface area contributed by atoms with Gasteiger partial charge in [-0.3, -0.25) is 4.79 Å². The lowest BCUT2D eigenvalue weighted by Crippen LogP contribution is -2.25. The quantitative estimate of drug-likeness (QED) is 0.875. The Labute approximate surface area is 112 Å². The van der Waals surface area contributed by atoms with Gasteiger partial charge in [0.25, 0.3) is 0 Å². The lowest BCUT2D eigenvalue weighted by molar-refractivity contribution is -0.116. The number of nitrogens with one attached hydrogen (secondary N) is 2. The third-order valence-corrected chi connectivity index (χ3v) is 3.96. The summed E-state index contributed by atoms with van der Waals surface area (Å²) in [5.74, 6) is 0.406. The number of rotatable bonds is 4. The number of benzene rings is 1. The van der Waals surface area contributed by atoms with Crippen LogP contribution in [-0.2, 0) is 17.8 Å². The first-order valence-electron chi connectivity index (χ1n) is 7.05. The highest BCUT2D eigenvalue weighted by atomic mass is 19.1. The summed E-state index contributed by atoms with van der Waals surface area (Å²) >= 11 is 0. The molecule has 4 heteroatoms. The van der Waals surface area contributed by atoms with Crippen molar-refractivity contribution in [3.63, 3.8) is 0 Å². The maximum atomic E-state index is 14.3. The van der Waals surface area contributed by atoms with E-state index in [0.717, 1.165) is 30.0 Å². The van der Waals surface area contributed by atoms with Crippen LogP contribution in [0.3, 0.4) is 0 Å². The number of hydrogen-bond donors (Lipinski definition) is 2. The maximum absolute atomic E-state index is 14.3. The van der Waals surface area contributed by atoms with Crippen molar-refractivity contribution in [1.82, 2.24) is 5.32 Å². The zero-order valence-corrected chi connectivity index (χ0v) is 11.0. The first-order valence-corrected chi connectivity index (χ1v) is 7.05. The fraction of sp³-hybridized carbons (Fsp3) is 0.533. The summed E-state index contributed by atoms with van der Waals surface area (Å²) in [7, 11) is 0. The molecule has 1 aliphatic carbocycles. The van der Waals surface area contributed by atoms with Crippen molar-refractivity contribution >= 4 is 11.6 Å². The SMILES string of the molecule is O=C(CCC1CC1)Nc1ccc2c(c1F)CCNC2. The minimum Gasteiger partial charge on any atom is -0.324 e. The number of amides is 1. The molecule has 0 spiro atoms. The predicted octanol–water partition coefficient (Wildman–Crippen LogP) is 2.60.